The predicted octanol–water partition coefficient (Wildman–Crippen LogP) is -0.510. The minimum atomic E-state index is -0.276. The molecule has 6 heteroatoms. The van der Waals surface area contributed by atoms with E-state index in [1.165, 1.54) is 6.20 Å². The summed E-state index contributed by atoms with van der Waals surface area (Å²) in [6, 6.07) is -0.276. The molecule has 1 aromatic rings. The summed E-state index contributed by atoms with van der Waals surface area (Å²) in [5.41, 5.74) is 5.82. The van der Waals surface area contributed by atoms with Gasteiger partial charge in [-0.1, -0.05) is 0 Å². The fourth-order valence-corrected chi connectivity index (χ4v) is 0.680. The summed E-state index contributed by atoms with van der Waals surface area (Å²) in [6.07, 6.45) is 3.10. The molecule has 66 valence electrons. The van der Waals surface area contributed by atoms with E-state index in [1.54, 1.807) is 6.20 Å². The summed E-state index contributed by atoms with van der Waals surface area (Å²) in [7, 11) is 0. The van der Waals surface area contributed by atoms with Gasteiger partial charge in [0.15, 0.2) is 0 Å². The Morgan fingerprint density at radius 3 is 3.17 bits per heavy atom. The van der Waals surface area contributed by atoms with Crippen molar-refractivity contribution in [3.63, 3.8) is 0 Å². The van der Waals surface area contributed by atoms with Crippen molar-refractivity contribution in [2.75, 3.05) is 18.4 Å². The molecule has 0 saturated heterocycles. The zero-order valence-corrected chi connectivity index (χ0v) is 6.50. The van der Waals surface area contributed by atoms with Gasteiger partial charge in [0, 0.05) is 19.3 Å². The van der Waals surface area contributed by atoms with Crippen molar-refractivity contribution in [1.29, 1.82) is 0 Å². The van der Waals surface area contributed by atoms with Crippen molar-refractivity contribution in [3.8, 4) is 0 Å². The molecule has 1 heterocycles. The average molecular weight is 169 g/mol. The van der Waals surface area contributed by atoms with Gasteiger partial charge in [-0.25, -0.2) is 4.79 Å². The molecule has 12 heavy (non-hydrogen) atoms. The molecule has 0 unspecified atom stereocenters. The van der Waals surface area contributed by atoms with E-state index >= 15 is 0 Å². The maximum absolute atomic E-state index is 10.9. The number of carbonyl (C=O) groups is 1. The zero-order valence-electron chi connectivity index (χ0n) is 6.50. The second kappa shape index (κ2) is 4.35. The number of hydrogen-bond donors (Lipinski definition) is 4. The van der Waals surface area contributed by atoms with Crippen molar-refractivity contribution in [3.05, 3.63) is 12.4 Å². The van der Waals surface area contributed by atoms with E-state index < -0.39 is 0 Å². The summed E-state index contributed by atoms with van der Waals surface area (Å²) in [5.74, 6) is 0. The summed E-state index contributed by atoms with van der Waals surface area (Å²) in [4.78, 5) is 10.9. The number of anilines is 1. The van der Waals surface area contributed by atoms with Crippen LogP contribution in [0.1, 0.15) is 0 Å². The van der Waals surface area contributed by atoms with Gasteiger partial charge in [-0.3, -0.25) is 5.10 Å². The lowest BCUT2D eigenvalue weighted by Gasteiger charge is -2.02. The lowest BCUT2D eigenvalue weighted by Crippen LogP contribution is -2.32. The number of H-pyrrole nitrogens is 1. The first kappa shape index (κ1) is 8.54. The lowest BCUT2D eigenvalue weighted by atomic mass is 10.5. The van der Waals surface area contributed by atoms with Crippen molar-refractivity contribution in [1.82, 2.24) is 15.5 Å². The van der Waals surface area contributed by atoms with Crippen LogP contribution < -0.4 is 16.4 Å². The molecule has 0 aromatic carbocycles. The van der Waals surface area contributed by atoms with Gasteiger partial charge in [-0.2, -0.15) is 5.10 Å². The molecule has 0 radical (unpaired) electrons. The van der Waals surface area contributed by atoms with Crippen LogP contribution in [-0.4, -0.2) is 29.3 Å². The standard InChI is InChI=1S/C6H11N5O/c7-1-2-8-6(12)11-5-3-9-10-4-5/h3-4H,1-2,7H2,(H,9,10)(H2,8,11,12). The van der Waals surface area contributed by atoms with Gasteiger partial charge in [0.05, 0.1) is 11.9 Å². The molecule has 0 fully saturated rings. The maximum atomic E-state index is 10.9. The summed E-state index contributed by atoms with van der Waals surface area (Å²) < 4.78 is 0. The molecule has 2 amide bonds. The lowest BCUT2D eigenvalue weighted by molar-refractivity contribution is 0.252. The van der Waals surface area contributed by atoms with Crippen LogP contribution in [0, 0.1) is 0 Å². The number of urea groups is 1. The van der Waals surface area contributed by atoms with E-state index in [2.05, 4.69) is 20.8 Å². The van der Waals surface area contributed by atoms with E-state index in [1.807, 2.05) is 0 Å². The number of aromatic nitrogens is 2. The molecule has 6 nitrogen and oxygen atoms in total. The van der Waals surface area contributed by atoms with Gasteiger partial charge < -0.3 is 16.4 Å². The third kappa shape index (κ3) is 2.59. The van der Waals surface area contributed by atoms with E-state index in [-0.39, 0.29) is 6.03 Å². The second-order valence-electron chi connectivity index (χ2n) is 2.16. The van der Waals surface area contributed by atoms with E-state index in [9.17, 15) is 4.79 Å². The van der Waals surface area contributed by atoms with E-state index in [0.717, 1.165) is 0 Å². The van der Waals surface area contributed by atoms with Crippen LogP contribution in [0.25, 0.3) is 0 Å². The molecular weight excluding hydrogens is 158 g/mol. The number of rotatable bonds is 3. The Balaban J connectivity index is 2.27. The molecule has 1 rings (SSSR count). The van der Waals surface area contributed by atoms with E-state index in [0.29, 0.717) is 18.8 Å². The van der Waals surface area contributed by atoms with Crippen LogP contribution in [0.15, 0.2) is 12.4 Å². The SMILES string of the molecule is NCCNC(=O)Nc1cn[nH]c1. The largest absolute Gasteiger partial charge is 0.337 e. The topological polar surface area (TPSA) is 95.8 Å². The number of nitrogens with zero attached hydrogens (tertiary/aromatic N) is 1. The fraction of sp³-hybridized carbons (Fsp3) is 0.333. The maximum Gasteiger partial charge on any atom is 0.319 e. The van der Waals surface area contributed by atoms with Crippen molar-refractivity contribution in [2.45, 2.75) is 0 Å². The molecule has 0 atom stereocenters. The summed E-state index contributed by atoms with van der Waals surface area (Å²) >= 11 is 0. The van der Waals surface area contributed by atoms with Crippen LogP contribution >= 0.6 is 0 Å². The fourth-order valence-electron chi connectivity index (χ4n) is 0.680. The molecular formula is C6H11N5O. The first-order valence-electron chi connectivity index (χ1n) is 3.56. The van der Waals surface area contributed by atoms with Gasteiger partial charge in [-0.05, 0) is 0 Å². The number of nitrogens with two attached hydrogens (primary N) is 1. The third-order valence-corrected chi connectivity index (χ3v) is 1.19. The minimum Gasteiger partial charge on any atom is -0.337 e. The Morgan fingerprint density at radius 1 is 1.75 bits per heavy atom. The molecule has 0 saturated carbocycles. The minimum absolute atomic E-state index is 0.276. The van der Waals surface area contributed by atoms with Crippen LogP contribution in [0.2, 0.25) is 0 Å². The van der Waals surface area contributed by atoms with Gasteiger partial charge in [0.25, 0.3) is 0 Å². The van der Waals surface area contributed by atoms with Crippen LogP contribution in [0.5, 0.6) is 0 Å². The van der Waals surface area contributed by atoms with Crippen LogP contribution in [0.4, 0.5) is 10.5 Å². The first-order chi connectivity index (χ1) is 5.83. The number of amides is 2. The first-order valence-corrected chi connectivity index (χ1v) is 3.56. The Labute approximate surface area is 69.5 Å². The summed E-state index contributed by atoms with van der Waals surface area (Å²) in [5, 5.41) is 11.3. The molecule has 5 N–H and O–H groups in total. The normalized spacial score (nSPS) is 9.42. The number of aromatic amines is 1. The van der Waals surface area contributed by atoms with E-state index in [4.69, 9.17) is 5.73 Å². The predicted molar refractivity (Wildman–Crippen MR) is 44.7 cm³/mol. The van der Waals surface area contributed by atoms with Crippen molar-refractivity contribution < 1.29 is 4.79 Å². The number of carbonyl (C=O) groups excluding carboxylic acids is 1. The third-order valence-electron chi connectivity index (χ3n) is 1.19. The van der Waals surface area contributed by atoms with Gasteiger partial charge >= 0.3 is 6.03 Å². The average Bonchev–Trinajstić information content (AvgIpc) is 2.53. The van der Waals surface area contributed by atoms with Gasteiger partial charge in [0.2, 0.25) is 0 Å². The Bertz CT molecular complexity index is 232. The van der Waals surface area contributed by atoms with Crippen LogP contribution in [0.3, 0.4) is 0 Å². The molecule has 0 aliphatic heterocycles. The molecule has 0 aliphatic rings. The zero-order chi connectivity index (χ0) is 8.81. The van der Waals surface area contributed by atoms with Crippen molar-refractivity contribution in [2.24, 2.45) is 5.73 Å². The quantitative estimate of drug-likeness (QED) is 0.490. The van der Waals surface area contributed by atoms with Crippen molar-refractivity contribution >= 4 is 11.7 Å². The van der Waals surface area contributed by atoms with Crippen LogP contribution in [-0.2, 0) is 0 Å². The van der Waals surface area contributed by atoms with Gasteiger partial charge in [0.1, 0.15) is 0 Å². The highest BCUT2D eigenvalue weighted by Crippen LogP contribution is 1.99. The highest BCUT2D eigenvalue weighted by atomic mass is 16.2. The highest BCUT2D eigenvalue weighted by molar-refractivity contribution is 5.88. The molecule has 0 bridgehead atoms. The van der Waals surface area contributed by atoms with Gasteiger partial charge in [-0.15, -0.1) is 0 Å². The molecule has 1 aromatic heterocycles. The number of hydrogen-bond acceptors (Lipinski definition) is 3. The highest BCUT2D eigenvalue weighted by Gasteiger charge is 1.99. The molecule has 0 aliphatic carbocycles. The molecule has 0 spiro atoms. The second-order valence-corrected chi connectivity index (χ2v) is 2.16. The smallest absolute Gasteiger partial charge is 0.319 e. The number of nitrogens with one attached hydrogen (secondary N) is 3. The Kier molecular flexibility index (Phi) is 3.09. The Morgan fingerprint density at radius 2 is 2.58 bits per heavy atom. The monoisotopic (exact) mass is 169 g/mol. The Hall–Kier alpha value is -1.56. The summed E-state index contributed by atoms with van der Waals surface area (Å²) in [6.45, 7) is 0.891.